The fourth-order valence-electron chi connectivity index (χ4n) is 3.72. The van der Waals surface area contributed by atoms with E-state index in [-0.39, 0.29) is 36.6 Å². The van der Waals surface area contributed by atoms with Crippen LogP contribution in [0.25, 0.3) is 11.0 Å². The van der Waals surface area contributed by atoms with Crippen LogP contribution in [0.5, 0.6) is 0 Å². The average molecular weight is 439 g/mol. The summed E-state index contributed by atoms with van der Waals surface area (Å²) in [4.78, 5) is 12.8. The number of rotatable bonds is 9. The van der Waals surface area contributed by atoms with Crippen molar-refractivity contribution in [2.75, 3.05) is 13.2 Å². The summed E-state index contributed by atoms with van der Waals surface area (Å²) in [5, 5.41) is 12.8. The molecule has 2 aromatic carbocycles. The number of amides is 1. The predicted molar refractivity (Wildman–Crippen MR) is 117 cm³/mol. The summed E-state index contributed by atoms with van der Waals surface area (Å²) in [5.74, 6) is -0.631. The van der Waals surface area contributed by atoms with Gasteiger partial charge in [0.2, 0.25) is 6.29 Å². The highest BCUT2D eigenvalue weighted by molar-refractivity contribution is 5.92. The topological polar surface area (TPSA) is 80.9 Å². The van der Waals surface area contributed by atoms with E-state index in [1.54, 1.807) is 24.5 Å². The first kappa shape index (κ1) is 22.0. The number of aliphatic hydroxyl groups is 1. The smallest absolute Gasteiger partial charge is 0.286 e. The van der Waals surface area contributed by atoms with Gasteiger partial charge in [-0.1, -0.05) is 30.3 Å². The molecule has 0 radical (unpaired) electrons. The lowest BCUT2D eigenvalue weighted by atomic mass is 9.92. The van der Waals surface area contributed by atoms with Gasteiger partial charge in [-0.05, 0) is 42.7 Å². The van der Waals surface area contributed by atoms with Gasteiger partial charge in [-0.15, -0.1) is 0 Å². The van der Waals surface area contributed by atoms with Crippen LogP contribution in [0.4, 0.5) is 4.39 Å². The molecule has 0 aliphatic carbocycles. The predicted octanol–water partition coefficient (Wildman–Crippen LogP) is 4.39. The third-order valence-corrected chi connectivity index (χ3v) is 5.41. The van der Waals surface area contributed by atoms with Gasteiger partial charge in [-0.25, -0.2) is 4.39 Å². The highest BCUT2D eigenvalue weighted by Gasteiger charge is 2.30. The highest BCUT2D eigenvalue weighted by Crippen LogP contribution is 2.36. The second kappa shape index (κ2) is 10.4. The fraction of sp³-hybridized carbons (Fsp3) is 0.320. The van der Waals surface area contributed by atoms with Gasteiger partial charge in [0, 0.05) is 36.4 Å². The van der Waals surface area contributed by atoms with Gasteiger partial charge in [-0.2, -0.15) is 0 Å². The third-order valence-electron chi connectivity index (χ3n) is 5.41. The van der Waals surface area contributed by atoms with E-state index >= 15 is 0 Å². The van der Waals surface area contributed by atoms with Crippen LogP contribution >= 0.6 is 0 Å². The molecule has 0 fully saturated rings. The Balaban J connectivity index is 1.51. The number of ether oxygens (including phenoxy) is 2. The van der Waals surface area contributed by atoms with Crippen LogP contribution in [0.2, 0.25) is 0 Å². The molecule has 0 saturated heterocycles. The van der Waals surface area contributed by atoms with E-state index in [4.69, 9.17) is 19.0 Å². The van der Waals surface area contributed by atoms with Crippen LogP contribution in [0.3, 0.4) is 0 Å². The fourth-order valence-corrected chi connectivity index (χ4v) is 3.72. The average Bonchev–Trinajstić information content (AvgIpc) is 3.25. The second-order valence-electron chi connectivity index (χ2n) is 7.72. The number of allylic oxidation sites excluding steroid dienone is 1. The maximum atomic E-state index is 13.1. The maximum Gasteiger partial charge on any atom is 0.286 e. The van der Waals surface area contributed by atoms with Crippen molar-refractivity contribution >= 4 is 16.9 Å². The van der Waals surface area contributed by atoms with E-state index in [9.17, 15) is 9.18 Å². The molecule has 0 bridgehead atoms. The minimum absolute atomic E-state index is 0.107. The van der Waals surface area contributed by atoms with Crippen molar-refractivity contribution in [3.63, 3.8) is 0 Å². The quantitative estimate of drug-likeness (QED) is 0.484. The van der Waals surface area contributed by atoms with Crippen LogP contribution < -0.4 is 5.32 Å². The summed E-state index contributed by atoms with van der Waals surface area (Å²) in [6.07, 6.45) is 4.80. The molecule has 3 aromatic rings. The summed E-state index contributed by atoms with van der Waals surface area (Å²) in [6.45, 7) is 0.783. The number of hydrogen-bond donors (Lipinski definition) is 2. The first-order chi connectivity index (χ1) is 15.6. The molecule has 4 rings (SSSR count). The summed E-state index contributed by atoms with van der Waals surface area (Å²) in [6, 6.07) is 13.7. The van der Waals surface area contributed by atoms with Crippen molar-refractivity contribution in [3.8, 4) is 0 Å². The van der Waals surface area contributed by atoms with Crippen molar-refractivity contribution in [1.29, 1.82) is 0 Å². The molecule has 32 heavy (non-hydrogen) atoms. The van der Waals surface area contributed by atoms with E-state index in [2.05, 4.69) is 5.32 Å². The van der Waals surface area contributed by atoms with Gasteiger partial charge in [0.05, 0.1) is 12.9 Å². The Morgan fingerprint density at radius 2 is 1.97 bits per heavy atom. The molecule has 168 valence electrons. The molecule has 0 spiro atoms. The molecule has 2 N–H and O–H groups in total. The number of carbonyl (C=O) groups is 1. The zero-order valence-electron chi connectivity index (χ0n) is 17.6. The van der Waals surface area contributed by atoms with Gasteiger partial charge in [0.1, 0.15) is 11.4 Å². The highest BCUT2D eigenvalue weighted by atomic mass is 19.1. The monoisotopic (exact) mass is 439 g/mol. The van der Waals surface area contributed by atoms with E-state index < -0.39 is 6.29 Å². The van der Waals surface area contributed by atoms with E-state index in [1.165, 1.54) is 12.1 Å². The number of hydrogen-bond acceptors (Lipinski definition) is 5. The Labute approximate surface area is 185 Å². The number of furan rings is 1. The Morgan fingerprint density at radius 3 is 2.78 bits per heavy atom. The zero-order valence-corrected chi connectivity index (χ0v) is 17.6. The Morgan fingerprint density at radius 1 is 1.16 bits per heavy atom. The van der Waals surface area contributed by atoms with E-state index in [1.807, 2.05) is 24.3 Å². The number of aliphatic hydroxyl groups excluding tert-OH is 1. The second-order valence-corrected chi connectivity index (χ2v) is 7.72. The van der Waals surface area contributed by atoms with Crippen molar-refractivity contribution in [2.24, 2.45) is 0 Å². The number of halogens is 1. The Kier molecular flexibility index (Phi) is 7.19. The molecule has 0 unspecified atom stereocenters. The van der Waals surface area contributed by atoms with Crippen LogP contribution in [0.15, 0.2) is 71.0 Å². The number of benzene rings is 2. The molecule has 0 saturated carbocycles. The number of carbonyl (C=O) groups excluding carboxylic acids is 1. The van der Waals surface area contributed by atoms with Crippen molar-refractivity contribution < 1.29 is 28.2 Å². The van der Waals surface area contributed by atoms with Gasteiger partial charge in [0.15, 0.2) is 5.76 Å². The lowest BCUT2D eigenvalue weighted by molar-refractivity contribution is -0.146. The third kappa shape index (κ3) is 5.36. The van der Waals surface area contributed by atoms with Crippen LogP contribution in [0, 0.1) is 5.82 Å². The molecule has 1 aliphatic rings. The molecule has 6 nitrogen and oxygen atoms in total. The normalized spacial score (nSPS) is 18.2. The van der Waals surface area contributed by atoms with Crippen LogP contribution in [0.1, 0.15) is 36.3 Å². The first-order valence-electron chi connectivity index (χ1n) is 10.7. The largest absolute Gasteiger partial charge is 0.464 e. The lowest BCUT2D eigenvalue weighted by Crippen LogP contribution is -2.32. The molecule has 1 amide bonds. The van der Waals surface area contributed by atoms with E-state index in [0.717, 1.165) is 22.1 Å². The van der Waals surface area contributed by atoms with Crippen molar-refractivity contribution in [3.05, 3.63) is 83.6 Å². The summed E-state index contributed by atoms with van der Waals surface area (Å²) in [7, 11) is 0. The number of para-hydroxylation sites is 1. The number of fused-ring (bicyclic) bond motifs is 1. The molecule has 1 aliphatic heterocycles. The molecule has 2 atom stereocenters. The standard InChI is InChI=1S/C25H26FNO5/c26-19-9-7-17(8-10-19)15-27-25(29)23-13-18(14-24(32-23)30-12-4-3-11-28)21-16-31-22-6-2-1-5-20(21)22/h1-2,5-10,13,16,18,24,28H,3-4,11-12,14-15H2,(H,27,29)/t18-,24+/m1/s1. The Bertz CT molecular complexity index is 1080. The molecule has 1 aromatic heterocycles. The minimum Gasteiger partial charge on any atom is -0.464 e. The molecular formula is C25H26FNO5. The number of unbranched alkanes of at least 4 members (excludes halogenated alkanes) is 1. The summed E-state index contributed by atoms with van der Waals surface area (Å²) < 4.78 is 30.5. The zero-order chi connectivity index (χ0) is 22.3. The van der Waals surface area contributed by atoms with Gasteiger partial charge in [-0.3, -0.25) is 4.79 Å². The van der Waals surface area contributed by atoms with Gasteiger partial charge >= 0.3 is 0 Å². The van der Waals surface area contributed by atoms with Crippen LogP contribution in [-0.2, 0) is 20.8 Å². The number of nitrogens with one attached hydrogen (secondary N) is 1. The lowest BCUT2D eigenvalue weighted by Gasteiger charge is -2.29. The molecular weight excluding hydrogens is 413 g/mol. The first-order valence-corrected chi connectivity index (χ1v) is 10.7. The molecule has 7 heteroatoms. The molecule has 2 heterocycles. The van der Waals surface area contributed by atoms with Crippen molar-refractivity contribution in [2.45, 2.75) is 38.0 Å². The summed E-state index contributed by atoms with van der Waals surface area (Å²) >= 11 is 0. The van der Waals surface area contributed by atoms with Gasteiger partial charge < -0.3 is 24.3 Å². The van der Waals surface area contributed by atoms with E-state index in [0.29, 0.717) is 25.9 Å². The maximum absolute atomic E-state index is 13.1. The van der Waals surface area contributed by atoms with Crippen molar-refractivity contribution in [1.82, 2.24) is 5.32 Å². The van der Waals surface area contributed by atoms with Gasteiger partial charge in [0.25, 0.3) is 5.91 Å². The summed E-state index contributed by atoms with van der Waals surface area (Å²) in [5.41, 5.74) is 2.53. The van der Waals surface area contributed by atoms with Crippen LogP contribution in [-0.4, -0.2) is 30.5 Å². The Hall–Kier alpha value is -3.16. The minimum atomic E-state index is -0.594. The SMILES string of the molecule is O=C(NCc1ccc(F)cc1)C1=C[C@@H](c2coc3ccccc23)C[C@@H](OCCCCO)O1.